The van der Waals surface area contributed by atoms with E-state index in [-0.39, 0.29) is 5.91 Å². The van der Waals surface area contributed by atoms with Gasteiger partial charge in [-0.25, -0.2) is 0 Å². The third kappa shape index (κ3) is 5.61. The van der Waals surface area contributed by atoms with E-state index in [1.807, 2.05) is 6.08 Å². The number of hydrogen-bond donors (Lipinski definition) is 1. The minimum Gasteiger partial charge on any atom is -0.351 e. The molecule has 0 fully saturated rings. The number of rotatable bonds is 6. The highest BCUT2D eigenvalue weighted by atomic mass is 79.9. The number of carbonyl (C=O) groups excluding carboxylic acids is 1. The van der Waals surface area contributed by atoms with Crippen LogP contribution < -0.4 is 5.32 Å². The molecule has 0 aromatic heterocycles. The van der Waals surface area contributed by atoms with E-state index in [1.54, 1.807) is 30.0 Å². The van der Waals surface area contributed by atoms with E-state index in [0.29, 0.717) is 17.1 Å². The first-order valence-electron chi connectivity index (χ1n) is 5.06. The van der Waals surface area contributed by atoms with Gasteiger partial charge in [0.05, 0.1) is 0 Å². The van der Waals surface area contributed by atoms with Gasteiger partial charge >= 0.3 is 0 Å². The van der Waals surface area contributed by atoms with Crippen molar-refractivity contribution in [1.82, 2.24) is 5.32 Å². The third-order valence-electron chi connectivity index (χ3n) is 1.89. The second-order valence-corrected chi connectivity index (χ2v) is 5.78. The normalized spacial score (nSPS) is 10.0. The Kier molecular flexibility index (Phi) is 6.70. The molecule has 2 nitrogen and oxygen atoms in total. The average Bonchev–Trinajstić information content (AvgIpc) is 2.27. The zero-order chi connectivity index (χ0) is 12.7. The summed E-state index contributed by atoms with van der Waals surface area (Å²) in [6.07, 6.45) is 1.85. The molecule has 17 heavy (non-hydrogen) atoms. The van der Waals surface area contributed by atoms with Gasteiger partial charge in [0, 0.05) is 33.1 Å². The SMILES string of the molecule is C=CCSCCNC(=O)c1cc(Cl)cc(Br)c1. The second kappa shape index (κ2) is 7.80. The van der Waals surface area contributed by atoms with Gasteiger partial charge in [-0.05, 0) is 18.2 Å². The molecule has 0 aliphatic heterocycles. The summed E-state index contributed by atoms with van der Waals surface area (Å²) < 4.78 is 0.802. The Bertz CT molecular complexity index is 391. The van der Waals surface area contributed by atoms with Gasteiger partial charge in [-0.2, -0.15) is 11.8 Å². The van der Waals surface area contributed by atoms with E-state index < -0.39 is 0 Å². The summed E-state index contributed by atoms with van der Waals surface area (Å²) in [7, 11) is 0. The van der Waals surface area contributed by atoms with E-state index in [9.17, 15) is 4.79 Å². The van der Waals surface area contributed by atoms with Crippen LogP contribution >= 0.6 is 39.3 Å². The molecule has 0 heterocycles. The van der Waals surface area contributed by atoms with Gasteiger partial charge in [-0.3, -0.25) is 4.79 Å². The van der Waals surface area contributed by atoms with Gasteiger partial charge in [0.25, 0.3) is 5.91 Å². The van der Waals surface area contributed by atoms with Gasteiger partial charge in [0.2, 0.25) is 0 Å². The smallest absolute Gasteiger partial charge is 0.251 e. The quantitative estimate of drug-likeness (QED) is 0.634. The maximum absolute atomic E-state index is 11.8. The van der Waals surface area contributed by atoms with Crippen LogP contribution in [0.3, 0.4) is 0 Å². The molecule has 1 rings (SSSR count). The predicted molar refractivity (Wildman–Crippen MR) is 79.0 cm³/mol. The molecule has 0 bridgehead atoms. The summed E-state index contributed by atoms with van der Waals surface area (Å²) in [6.45, 7) is 4.27. The van der Waals surface area contributed by atoms with Crippen LogP contribution in [0.4, 0.5) is 0 Å². The second-order valence-electron chi connectivity index (χ2n) is 3.28. The number of nitrogens with one attached hydrogen (secondary N) is 1. The Labute approximate surface area is 119 Å². The molecule has 0 radical (unpaired) electrons. The van der Waals surface area contributed by atoms with Crippen molar-refractivity contribution >= 4 is 45.2 Å². The highest BCUT2D eigenvalue weighted by Crippen LogP contribution is 2.19. The van der Waals surface area contributed by atoms with Crippen LogP contribution in [-0.2, 0) is 0 Å². The van der Waals surface area contributed by atoms with Crippen LogP contribution in [-0.4, -0.2) is 24.0 Å². The number of carbonyl (C=O) groups is 1. The van der Waals surface area contributed by atoms with Crippen molar-refractivity contribution in [2.24, 2.45) is 0 Å². The molecule has 92 valence electrons. The topological polar surface area (TPSA) is 29.1 Å². The first-order valence-corrected chi connectivity index (χ1v) is 7.39. The molecule has 0 saturated heterocycles. The molecule has 0 aliphatic carbocycles. The molecule has 1 aromatic carbocycles. The van der Waals surface area contributed by atoms with Crippen molar-refractivity contribution in [3.8, 4) is 0 Å². The molecule has 0 spiro atoms. The number of halogens is 2. The van der Waals surface area contributed by atoms with Crippen molar-refractivity contribution in [3.63, 3.8) is 0 Å². The molecular formula is C12H13BrClNOS. The molecule has 0 unspecified atom stereocenters. The monoisotopic (exact) mass is 333 g/mol. The van der Waals surface area contributed by atoms with Gasteiger partial charge in [0.15, 0.2) is 0 Å². The highest BCUT2D eigenvalue weighted by Gasteiger charge is 2.06. The minimum atomic E-state index is -0.104. The summed E-state index contributed by atoms with van der Waals surface area (Å²) in [6, 6.07) is 5.15. The molecule has 0 saturated carbocycles. The van der Waals surface area contributed by atoms with Gasteiger partial charge < -0.3 is 5.32 Å². The fourth-order valence-electron chi connectivity index (χ4n) is 1.19. The zero-order valence-corrected chi connectivity index (χ0v) is 12.4. The lowest BCUT2D eigenvalue weighted by molar-refractivity contribution is 0.0956. The maximum atomic E-state index is 11.8. The summed E-state index contributed by atoms with van der Waals surface area (Å²) >= 11 is 10.9. The van der Waals surface area contributed by atoms with E-state index >= 15 is 0 Å². The Morgan fingerprint density at radius 2 is 2.29 bits per heavy atom. The van der Waals surface area contributed by atoms with Crippen LogP contribution in [0.15, 0.2) is 35.3 Å². The number of hydrogen-bond acceptors (Lipinski definition) is 2. The summed E-state index contributed by atoms with van der Waals surface area (Å²) in [5.41, 5.74) is 0.568. The summed E-state index contributed by atoms with van der Waals surface area (Å²) in [5, 5.41) is 3.39. The van der Waals surface area contributed by atoms with Crippen LogP contribution in [0.5, 0.6) is 0 Å². The number of thioether (sulfide) groups is 1. The average molecular weight is 335 g/mol. The standard InChI is InChI=1S/C12H13BrClNOS/c1-2-4-17-5-3-15-12(16)9-6-10(13)8-11(14)7-9/h2,6-8H,1,3-5H2,(H,15,16). The van der Waals surface area contributed by atoms with Gasteiger partial charge in [-0.15, -0.1) is 6.58 Å². The molecule has 0 aliphatic rings. The molecular weight excluding hydrogens is 322 g/mol. The van der Waals surface area contributed by atoms with Crippen molar-refractivity contribution in [2.45, 2.75) is 0 Å². The van der Waals surface area contributed by atoms with Gasteiger partial charge in [-0.1, -0.05) is 33.6 Å². The molecule has 1 N–H and O–H groups in total. The first kappa shape index (κ1) is 14.6. The zero-order valence-electron chi connectivity index (χ0n) is 9.21. The highest BCUT2D eigenvalue weighted by molar-refractivity contribution is 9.10. The molecule has 1 aromatic rings. The van der Waals surface area contributed by atoms with E-state index in [0.717, 1.165) is 16.0 Å². The van der Waals surface area contributed by atoms with Crippen molar-refractivity contribution < 1.29 is 4.79 Å². The van der Waals surface area contributed by atoms with E-state index in [2.05, 4.69) is 27.8 Å². The lowest BCUT2D eigenvalue weighted by atomic mass is 10.2. The Balaban J connectivity index is 2.44. The summed E-state index contributed by atoms with van der Waals surface area (Å²) in [4.78, 5) is 11.8. The van der Waals surface area contributed by atoms with Crippen LogP contribution in [0.2, 0.25) is 5.02 Å². The number of amides is 1. The van der Waals surface area contributed by atoms with E-state index in [1.165, 1.54) is 0 Å². The summed E-state index contributed by atoms with van der Waals surface area (Å²) in [5.74, 6) is 1.67. The van der Waals surface area contributed by atoms with Crippen molar-refractivity contribution in [3.05, 3.63) is 45.9 Å². The molecule has 5 heteroatoms. The fourth-order valence-corrected chi connectivity index (χ4v) is 2.63. The Hall–Kier alpha value is -0.450. The fraction of sp³-hybridized carbons (Fsp3) is 0.250. The van der Waals surface area contributed by atoms with Crippen molar-refractivity contribution in [1.29, 1.82) is 0 Å². The first-order chi connectivity index (χ1) is 8.13. The van der Waals surface area contributed by atoms with Crippen molar-refractivity contribution in [2.75, 3.05) is 18.1 Å². The Morgan fingerprint density at radius 1 is 1.53 bits per heavy atom. The molecule has 0 atom stereocenters. The third-order valence-corrected chi connectivity index (χ3v) is 3.53. The largest absolute Gasteiger partial charge is 0.351 e. The van der Waals surface area contributed by atoms with Crippen LogP contribution in [0.1, 0.15) is 10.4 Å². The van der Waals surface area contributed by atoms with Gasteiger partial charge in [0.1, 0.15) is 0 Å². The lowest BCUT2D eigenvalue weighted by Crippen LogP contribution is -2.25. The maximum Gasteiger partial charge on any atom is 0.251 e. The van der Waals surface area contributed by atoms with E-state index in [4.69, 9.17) is 11.6 Å². The molecule has 1 amide bonds. The lowest BCUT2D eigenvalue weighted by Gasteiger charge is -2.05. The van der Waals surface area contributed by atoms with Crippen LogP contribution in [0.25, 0.3) is 0 Å². The predicted octanol–water partition coefficient (Wildman–Crippen LogP) is 3.75. The number of benzene rings is 1. The Morgan fingerprint density at radius 3 is 2.94 bits per heavy atom. The minimum absolute atomic E-state index is 0.104. The van der Waals surface area contributed by atoms with Crippen LogP contribution in [0, 0.1) is 0 Å².